The molecule has 0 bridgehead atoms. The lowest BCUT2D eigenvalue weighted by molar-refractivity contribution is -0.384. The van der Waals surface area contributed by atoms with Crippen LogP contribution in [0.15, 0.2) is 53.5 Å². The number of rotatable bonds is 8. The van der Waals surface area contributed by atoms with Gasteiger partial charge in [0.05, 0.1) is 28.4 Å². The summed E-state index contributed by atoms with van der Waals surface area (Å²) in [5, 5.41) is 10.7. The van der Waals surface area contributed by atoms with Crippen molar-refractivity contribution in [2.75, 3.05) is 20.3 Å². The van der Waals surface area contributed by atoms with Gasteiger partial charge in [-0.25, -0.2) is 0 Å². The minimum absolute atomic E-state index is 0.000883. The molecule has 0 radical (unpaired) electrons. The Labute approximate surface area is 176 Å². The van der Waals surface area contributed by atoms with E-state index >= 15 is 0 Å². The van der Waals surface area contributed by atoms with Crippen LogP contribution in [0, 0.1) is 10.1 Å². The molecule has 0 saturated carbocycles. The summed E-state index contributed by atoms with van der Waals surface area (Å²) >= 11 is 1.40. The summed E-state index contributed by atoms with van der Waals surface area (Å²) in [6.07, 6.45) is 2.92. The molecular weight excluding hydrogens is 406 g/mol. The minimum Gasteiger partial charge on any atom is -0.494 e. The van der Waals surface area contributed by atoms with Gasteiger partial charge in [0, 0.05) is 31.9 Å². The highest BCUT2D eigenvalue weighted by molar-refractivity contribution is 7.16. The van der Waals surface area contributed by atoms with E-state index in [1.54, 1.807) is 25.3 Å². The molecule has 3 rings (SSSR count). The number of ether oxygens (including phenoxy) is 2. The van der Waals surface area contributed by atoms with Gasteiger partial charge in [-0.3, -0.25) is 14.9 Å². The Morgan fingerprint density at radius 3 is 2.70 bits per heavy atom. The van der Waals surface area contributed by atoms with Crippen molar-refractivity contribution in [1.29, 1.82) is 0 Å². The van der Waals surface area contributed by atoms with E-state index in [0.29, 0.717) is 30.1 Å². The molecule has 0 aliphatic carbocycles. The molecule has 9 heteroatoms. The van der Waals surface area contributed by atoms with Crippen molar-refractivity contribution in [3.63, 3.8) is 0 Å². The van der Waals surface area contributed by atoms with Crippen LogP contribution in [0.2, 0.25) is 0 Å². The maximum absolute atomic E-state index is 12.4. The number of nitrogens with zero attached hydrogens (tertiary/aromatic N) is 3. The predicted octanol–water partition coefficient (Wildman–Crippen LogP) is 3.80. The van der Waals surface area contributed by atoms with Crippen LogP contribution in [0.3, 0.4) is 0 Å². The predicted molar refractivity (Wildman–Crippen MR) is 116 cm³/mol. The van der Waals surface area contributed by atoms with Crippen LogP contribution < -0.4 is 9.54 Å². The van der Waals surface area contributed by atoms with Crippen LogP contribution >= 0.6 is 11.3 Å². The van der Waals surface area contributed by atoms with Crippen LogP contribution in [0.5, 0.6) is 5.75 Å². The molecule has 0 unspecified atom stereocenters. The third-order valence-electron chi connectivity index (χ3n) is 4.21. The minimum atomic E-state index is -0.467. The quantitative estimate of drug-likeness (QED) is 0.310. The zero-order valence-corrected chi connectivity index (χ0v) is 17.4. The van der Waals surface area contributed by atoms with Gasteiger partial charge in [-0.1, -0.05) is 11.3 Å². The standard InChI is InChI=1S/C21H21N3O5S/c1-3-29-17-9-10-18-19(14-17)30-21(23(18)12-13-28-2)22-20(25)11-6-15-4-7-16(8-5-15)24(26)27/h4-11,14H,3,12-13H2,1-2H3. The third-order valence-corrected chi connectivity index (χ3v) is 5.25. The summed E-state index contributed by atoms with van der Waals surface area (Å²) in [5.41, 5.74) is 1.62. The van der Waals surface area contributed by atoms with Crippen molar-refractivity contribution >= 4 is 39.2 Å². The van der Waals surface area contributed by atoms with Gasteiger partial charge in [0.1, 0.15) is 5.75 Å². The summed E-state index contributed by atoms with van der Waals surface area (Å²) in [7, 11) is 1.62. The van der Waals surface area contributed by atoms with E-state index < -0.39 is 10.8 Å². The third kappa shape index (κ3) is 5.19. The first kappa shape index (κ1) is 21.4. The molecule has 0 atom stereocenters. The zero-order valence-electron chi connectivity index (χ0n) is 16.6. The van der Waals surface area contributed by atoms with E-state index in [0.717, 1.165) is 16.0 Å². The average molecular weight is 427 g/mol. The molecule has 0 aliphatic rings. The molecule has 0 spiro atoms. The van der Waals surface area contributed by atoms with Crippen LogP contribution in [-0.2, 0) is 16.1 Å². The van der Waals surface area contributed by atoms with Gasteiger partial charge < -0.3 is 14.0 Å². The number of carbonyl (C=O) groups excluding carboxylic acids is 1. The first-order valence-corrected chi connectivity index (χ1v) is 10.1. The number of hydrogen-bond donors (Lipinski definition) is 0. The molecule has 156 valence electrons. The van der Waals surface area contributed by atoms with E-state index in [9.17, 15) is 14.9 Å². The van der Waals surface area contributed by atoms with Gasteiger partial charge in [-0.2, -0.15) is 4.99 Å². The van der Waals surface area contributed by atoms with E-state index in [-0.39, 0.29) is 5.69 Å². The van der Waals surface area contributed by atoms with Crippen molar-refractivity contribution in [3.05, 3.63) is 69.0 Å². The Morgan fingerprint density at radius 2 is 2.03 bits per heavy atom. The molecule has 1 amide bonds. The molecule has 0 N–H and O–H groups in total. The number of nitro benzene ring substituents is 1. The van der Waals surface area contributed by atoms with Gasteiger partial charge in [0.2, 0.25) is 0 Å². The van der Waals surface area contributed by atoms with Gasteiger partial charge >= 0.3 is 0 Å². The van der Waals surface area contributed by atoms with Crippen molar-refractivity contribution < 1.29 is 19.2 Å². The Bertz CT molecular complexity index is 1150. The number of fused-ring (bicyclic) bond motifs is 1. The summed E-state index contributed by atoms with van der Waals surface area (Å²) in [6.45, 7) is 3.54. The number of methoxy groups -OCH3 is 1. The highest BCUT2D eigenvalue weighted by Gasteiger charge is 2.09. The molecule has 8 nitrogen and oxygen atoms in total. The van der Waals surface area contributed by atoms with E-state index in [4.69, 9.17) is 9.47 Å². The van der Waals surface area contributed by atoms with Gasteiger partial charge in [-0.05, 0) is 48.9 Å². The maximum Gasteiger partial charge on any atom is 0.272 e. The van der Waals surface area contributed by atoms with E-state index in [1.165, 1.54) is 29.5 Å². The normalized spacial score (nSPS) is 12.0. The van der Waals surface area contributed by atoms with Crippen molar-refractivity contribution in [2.24, 2.45) is 4.99 Å². The summed E-state index contributed by atoms with van der Waals surface area (Å²) < 4.78 is 13.6. The topological polar surface area (TPSA) is 96.0 Å². The lowest BCUT2D eigenvalue weighted by atomic mass is 10.2. The fraction of sp³-hybridized carbons (Fsp3) is 0.238. The van der Waals surface area contributed by atoms with Gasteiger partial charge in [0.25, 0.3) is 11.6 Å². The molecule has 3 aromatic rings. The van der Waals surface area contributed by atoms with Gasteiger partial charge in [0.15, 0.2) is 4.80 Å². The number of thiazole rings is 1. The van der Waals surface area contributed by atoms with Gasteiger partial charge in [-0.15, -0.1) is 0 Å². The monoisotopic (exact) mass is 427 g/mol. The number of hydrogen-bond acceptors (Lipinski definition) is 6. The zero-order chi connectivity index (χ0) is 21.5. The van der Waals surface area contributed by atoms with Crippen LogP contribution in [0.4, 0.5) is 5.69 Å². The first-order chi connectivity index (χ1) is 14.5. The van der Waals surface area contributed by atoms with Crippen LogP contribution in [0.1, 0.15) is 12.5 Å². The Balaban J connectivity index is 1.90. The Kier molecular flexibility index (Phi) is 7.10. The molecule has 1 heterocycles. The molecule has 30 heavy (non-hydrogen) atoms. The SMILES string of the molecule is CCOc1ccc2c(c1)sc(=NC(=O)C=Cc1ccc([N+](=O)[O-])cc1)n2CCOC. The first-order valence-electron chi connectivity index (χ1n) is 9.28. The second kappa shape index (κ2) is 9.95. The number of aromatic nitrogens is 1. The average Bonchev–Trinajstić information content (AvgIpc) is 3.07. The second-order valence-corrected chi connectivity index (χ2v) is 7.23. The fourth-order valence-corrected chi connectivity index (χ4v) is 3.89. The number of amides is 1. The number of non-ortho nitro benzene ring substituents is 1. The molecule has 0 aliphatic heterocycles. The Hall–Kier alpha value is -3.30. The number of nitro groups is 1. The van der Waals surface area contributed by atoms with Crippen LogP contribution in [-0.4, -0.2) is 35.7 Å². The molecule has 0 fully saturated rings. The highest BCUT2D eigenvalue weighted by atomic mass is 32.1. The summed E-state index contributed by atoms with van der Waals surface area (Å²) in [5.74, 6) is 0.345. The van der Waals surface area contributed by atoms with Crippen LogP contribution in [0.25, 0.3) is 16.3 Å². The van der Waals surface area contributed by atoms with Crippen molar-refractivity contribution in [2.45, 2.75) is 13.5 Å². The lowest BCUT2D eigenvalue weighted by Gasteiger charge is -2.05. The summed E-state index contributed by atoms with van der Waals surface area (Å²) in [4.78, 5) is 27.5. The number of benzene rings is 2. The van der Waals surface area contributed by atoms with E-state index in [1.807, 2.05) is 29.7 Å². The molecular formula is C21H21N3O5S. The van der Waals surface area contributed by atoms with E-state index in [2.05, 4.69) is 4.99 Å². The maximum atomic E-state index is 12.4. The Morgan fingerprint density at radius 1 is 1.27 bits per heavy atom. The molecule has 2 aromatic carbocycles. The number of carbonyl (C=O) groups is 1. The summed E-state index contributed by atoms with van der Waals surface area (Å²) in [6, 6.07) is 11.7. The second-order valence-electron chi connectivity index (χ2n) is 6.22. The fourth-order valence-electron chi connectivity index (χ4n) is 2.80. The smallest absolute Gasteiger partial charge is 0.272 e. The van der Waals surface area contributed by atoms with Crippen molar-refractivity contribution in [1.82, 2.24) is 4.57 Å². The molecule has 1 aromatic heterocycles. The van der Waals surface area contributed by atoms with Crippen molar-refractivity contribution in [3.8, 4) is 5.75 Å². The highest BCUT2D eigenvalue weighted by Crippen LogP contribution is 2.23. The lowest BCUT2D eigenvalue weighted by Crippen LogP contribution is -2.18. The molecule has 0 saturated heterocycles. The largest absolute Gasteiger partial charge is 0.494 e.